The molecule has 0 saturated carbocycles. The van der Waals surface area contributed by atoms with Crippen molar-refractivity contribution in [1.29, 1.82) is 0 Å². The van der Waals surface area contributed by atoms with Crippen molar-refractivity contribution in [3.8, 4) is 0 Å². The molecule has 1 aromatic carbocycles. The van der Waals surface area contributed by atoms with Crippen molar-refractivity contribution in [2.24, 2.45) is 0 Å². The molecule has 0 aliphatic carbocycles. The molecule has 4 nitrogen and oxygen atoms in total. The second kappa shape index (κ2) is 5.18. The van der Waals surface area contributed by atoms with E-state index >= 15 is 0 Å². The number of nitrogens with one attached hydrogen (secondary N) is 1. The third kappa shape index (κ3) is 3.12. The maximum atomic E-state index is 11.3. The van der Waals surface area contributed by atoms with Gasteiger partial charge in [0.05, 0.1) is 13.2 Å². The van der Waals surface area contributed by atoms with Crippen LogP contribution in [0.2, 0.25) is 5.02 Å². The van der Waals surface area contributed by atoms with Crippen molar-refractivity contribution in [1.82, 2.24) is 0 Å². The second-order valence-corrected chi connectivity index (χ2v) is 3.95. The summed E-state index contributed by atoms with van der Waals surface area (Å²) in [5, 5.41) is 3.62. The minimum absolute atomic E-state index is 0.0699. The van der Waals surface area contributed by atoms with Crippen LogP contribution >= 0.6 is 11.6 Å². The smallest absolute Gasteiger partial charge is 0.325 e. The molecule has 0 atom stereocenters. The van der Waals surface area contributed by atoms with Crippen molar-refractivity contribution in [2.45, 2.75) is 6.10 Å². The maximum absolute atomic E-state index is 11.3. The van der Waals surface area contributed by atoms with E-state index in [0.717, 1.165) is 5.69 Å². The number of carbonyl (C=O) groups excluding carboxylic acids is 1. The first kappa shape index (κ1) is 11.2. The Hall–Kier alpha value is -1.26. The molecule has 2 rings (SSSR count). The van der Waals surface area contributed by atoms with Crippen LogP contribution in [0.1, 0.15) is 0 Å². The Kier molecular flexibility index (Phi) is 3.64. The molecule has 1 N–H and O–H groups in total. The summed E-state index contributed by atoms with van der Waals surface area (Å²) in [5.74, 6) is -0.275. The van der Waals surface area contributed by atoms with Crippen LogP contribution < -0.4 is 5.32 Å². The van der Waals surface area contributed by atoms with Crippen LogP contribution in [0.4, 0.5) is 5.69 Å². The van der Waals surface area contributed by atoms with E-state index in [-0.39, 0.29) is 18.6 Å². The Morgan fingerprint density at radius 3 is 2.69 bits per heavy atom. The van der Waals surface area contributed by atoms with Gasteiger partial charge >= 0.3 is 5.97 Å². The number of ether oxygens (including phenoxy) is 2. The molecule has 0 radical (unpaired) electrons. The Labute approximate surface area is 98.5 Å². The highest BCUT2D eigenvalue weighted by Crippen LogP contribution is 2.13. The molecular formula is C11H12ClNO3. The number of hydrogen-bond acceptors (Lipinski definition) is 4. The lowest BCUT2D eigenvalue weighted by atomic mass is 10.3. The molecule has 5 heteroatoms. The van der Waals surface area contributed by atoms with Gasteiger partial charge in [0.2, 0.25) is 0 Å². The lowest BCUT2D eigenvalue weighted by molar-refractivity contribution is -0.170. The van der Waals surface area contributed by atoms with Crippen LogP contribution in [-0.2, 0) is 14.3 Å². The van der Waals surface area contributed by atoms with Gasteiger partial charge in [0, 0.05) is 10.7 Å². The zero-order valence-electron chi connectivity index (χ0n) is 8.61. The third-order valence-electron chi connectivity index (χ3n) is 2.19. The Morgan fingerprint density at radius 2 is 2.12 bits per heavy atom. The number of rotatable bonds is 4. The largest absolute Gasteiger partial charge is 0.456 e. The number of halogens is 1. The van der Waals surface area contributed by atoms with E-state index in [0.29, 0.717) is 18.2 Å². The van der Waals surface area contributed by atoms with Crippen molar-refractivity contribution in [3.05, 3.63) is 29.3 Å². The van der Waals surface area contributed by atoms with Crippen molar-refractivity contribution >= 4 is 23.3 Å². The first-order valence-corrected chi connectivity index (χ1v) is 5.38. The molecule has 1 saturated heterocycles. The normalized spacial score (nSPS) is 15.3. The van der Waals surface area contributed by atoms with Crippen LogP contribution in [0.3, 0.4) is 0 Å². The van der Waals surface area contributed by atoms with E-state index in [4.69, 9.17) is 21.1 Å². The molecule has 1 aliphatic heterocycles. The summed E-state index contributed by atoms with van der Waals surface area (Å²) in [6.07, 6.45) is -0.0699. The molecule has 86 valence electrons. The van der Waals surface area contributed by atoms with E-state index in [1.165, 1.54) is 0 Å². The van der Waals surface area contributed by atoms with Gasteiger partial charge < -0.3 is 14.8 Å². The molecule has 0 bridgehead atoms. The quantitative estimate of drug-likeness (QED) is 0.815. The Bertz CT molecular complexity index is 362. The summed E-state index contributed by atoms with van der Waals surface area (Å²) in [6.45, 7) is 1.16. The molecular weight excluding hydrogens is 230 g/mol. The first-order chi connectivity index (χ1) is 7.74. The summed E-state index contributed by atoms with van der Waals surface area (Å²) in [5.41, 5.74) is 0.839. The molecule has 0 amide bonds. The van der Waals surface area contributed by atoms with Gasteiger partial charge in [-0.15, -0.1) is 0 Å². The van der Waals surface area contributed by atoms with E-state index in [2.05, 4.69) is 5.32 Å². The summed E-state index contributed by atoms with van der Waals surface area (Å²) in [4.78, 5) is 11.3. The highest BCUT2D eigenvalue weighted by atomic mass is 35.5. The first-order valence-electron chi connectivity index (χ1n) is 5.01. The van der Waals surface area contributed by atoms with Crippen molar-refractivity contribution < 1.29 is 14.3 Å². The highest BCUT2D eigenvalue weighted by Gasteiger charge is 2.22. The summed E-state index contributed by atoms with van der Waals surface area (Å²) < 4.78 is 9.98. The van der Waals surface area contributed by atoms with Gasteiger partial charge in [-0.25, -0.2) is 0 Å². The van der Waals surface area contributed by atoms with Crippen LogP contribution in [0, 0.1) is 0 Å². The highest BCUT2D eigenvalue weighted by molar-refractivity contribution is 6.30. The minimum atomic E-state index is -0.275. The Morgan fingerprint density at radius 1 is 1.44 bits per heavy atom. The average Bonchev–Trinajstić information content (AvgIpc) is 2.23. The molecule has 1 aromatic rings. The van der Waals surface area contributed by atoms with E-state index in [1.807, 2.05) is 12.1 Å². The zero-order valence-corrected chi connectivity index (χ0v) is 9.37. The molecule has 0 aromatic heterocycles. The van der Waals surface area contributed by atoms with Gasteiger partial charge in [-0.2, -0.15) is 0 Å². The number of hydrogen-bond donors (Lipinski definition) is 1. The number of anilines is 1. The third-order valence-corrected chi connectivity index (χ3v) is 2.44. The average molecular weight is 242 g/mol. The fourth-order valence-electron chi connectivity index (χ4n) is 1.25. The molecule has 1 aliphatic rings. The van der Waals surface area contributed by atoms with Crippen molar-refractivity contribution in [2.75, 3.05) is 25.1 Å². The maximum Gasteiger partial charge on any atom is 0.325 e. The van der Waals surface area contributed by atoms with Gasteiger partial charge in [0.1, 0.15) is 12.6 Å². The van der Waals surface area contributed by atoms with Gasteiger partial charge in [-0.1, -0.05) is 11.6 Å². The standard InChI is InChI=1S/C11H12ClNO3/c12-8-1-3-9(4-2-8)13-5-11(14)16-10-6-15-7-10/h1-4,10,13H,5-7H2. The molecule has 0 spiro atoms. The van der Waals surface area contributed by atoms with Crippen LogP contribution in [-0.4, -0.2) is 31.8 Å². The lowest BCUT2D eigenvalue weighted by Gasteiger charge is -2.25. The summed E-state index contributed by atoms with van der Waals surface area (Å²) >= 11 is 5.74. The summed E-state index contributed by atoms with van der Waals surface area (Å²) in [7, 11) is 0. The van der Waals surface area contributed by atoms with Gasteiger partial charge in [0.25, 0.3) is 0 Å². The van der Waals surface area contributed by atoms with E-state index in [9.17, 15) is 4.79 Å². The molecule has 16 heavy (non-hydrogen) atoms. The van der Waals surface area contributed by atoms with Gasteiger partial charge in [-0.05, 0) is 24.3 Å². The number of esters is 1. The fraction of sp³-hybridized carbons (Fsp3) is 0.364. The second-order valence-electron chi connectivity index (χ2n) is 3.51. The van der Waals surface area contributed by atoms with Gasteiger partial charge in [0.15, 0.2) is 0 Å². The van der Waals surface area contributed by atoms with E-state index < -0.39 is 0 Å². The minimum Gasteiger partial charge on any atom is -0.456 e. The van der Waals surface area contributed by atoms with Crippen LogP contribution in [0.15, 0.2) is 24.3 Å². The van der Waals surface area contributed by atoms with E-state index in [1.54, 1.807) is 12.1 Å². The SMILES string of the molecule is O=C(CNc1ccc(Cl)cc1)OC1COC1. The fourth-order valence-corrected chi connectivity index (χ4v) is 1.38. The zero-order chi connectivity index (χ0) is 11.4. The number of benzene rings is 1. The van der Waals surface area contributed by atoms with Crippen LogP contribution in [0.25, 0.3) is 0 Å². The van der Waals surface area contributed by atoms with Crippen LogP contribution in [0.5, 0.6) is 0 Å². The lowest BCUT2D eigenvalue weighted by Crippen LogP contribution is -2.39. The Balaban J connectivity index is 1.73. The molecule has 1 fully saturated rings. The predicted octanol–water partition coefficient (Wildman–Crippen LogP) is 1.69. The monoisotopic (exact) mass is 241 g/mol. The molecule has 0 unspecified atom stereocenters. The molecule has 1 heterocycles. The number of carbonyl (C=O) groups is 1. The van der Waals surface area contributed by atoms with Gasteiger partial charge in [-0.3, -0.25) is 4.79 Å². The van der Waals surface area contributed by atoms with Crippen molar-refractivity contribution in [3.63, 3.8) is 0 Å². The predicted molar refractivity (Wildman–Crippen MR) is 60.6 cm³/mol. The topological polar surface area (TPSA) is 47.6 Å². The summed E-state index contributed by atoms with van der Waals surface area (Å²) in [6, 6.07) is 7.13.